The summed E-state index contributed by atoms with van der Waals surface area (Å²) in [5.74, 6) is 1.16. The Morgan fingerprint density at radius 1 is 1.35 bits per heavy atom. The molecule has 1 fully saturated rings. The van der Waals surface area contributed by atoms with Crippen LogP contribution < -0.4 is 10.1 Å². The normalized spacial score (nSPS) is 20.6. The van der Waals surface area contributed by atoms with E-state index in [-0.39, 0.29) is 23.3 Å². The van der Waals surface area contributed by atoms with Gasteiger partial charge in [-0.1, -0.05) is 12.1 Å². The van der Waals surface area contributed by atoms with E-state index in [1.165, 1.54) is 0 Å². The maximum atomic E-state index is 11.8. The van der Waals surface area contributed by atoms with Crippen LogP contribution in [0.15, 0.2) is 24.3 Å². The number of carbonyl (C=O) groups is 1. The first-order valence-corrected chi connectivity index (χ1v) is 8.41. The summed E-state index contributed by atoms with van der Waals surface area (Å²) in [6, 6.07) is 7.31. The van der Waals surface area contributed by atoms with E-state index in [0.29, 0.717) is 19.4 Å². The smallest absolute Gasteiger partial charge is 0.224 e. The van der Waals surface area contributed by atoms with Crippen LogP contribution >= 0.6 is 0 Å². The number of benzene rings is 1. The average Bonchev–Trinajstić information content (AvgIpc) is 2.77. The van der Waals surface area contributed by atoms with E-state index < -0.39 is 9.84 Å². The van der Waals surface area contributed by atoms with Crippen LogP contribution in [0.25, 0.3) is 0 Å². The first kappa shape index (κ1) is 14.8. The monoisotopic (exact) mass is 297 g/mol. The minimum Gasteiger partial charge on any atom is -0.497 e. The Hall–Kier alpha value is -1.56. The van der Waals surface area contributed by atoms with Crippen LogP contribution in [0, 0.1) is 5.92 Å². The third-order valence-electron chi connectivity index (χ3n) is 3.44. The highest BCUT2D eigenvalue weighted by atomic mass is 32.2. The van der Waals surface area contributed by atoms with Crippen LogP contribution in [0.5, 0.6) is 5.75 Å². The quantitative estimate of drug-likeness (QED) is 0.872. The zero-order valence-corrected chi connectivity index (χ0v) is 12.3. The molecule has 20 heavy (non-hydrogen) atoms. The molecule has 1 aromatic rings. The van der Waals surface area contributed by atoms with Gasteiger partial charge in [-0.05, 0) is 30.0 Å². The molecule has 0 radical (unpaired) electrons. The molecule has 1 unspecified atom stereocenters. The molecule has 1 N–H and O–H groups in total. The lowest BCUT2D eigenvalue weighted by Crippen LogP contribution is -2.30. The third kappa shape index (κ3) is 4.23. The van der Waals surface area contributed by atoms with Gasteiger partial charge in [0, 0.05) is 6.54 Å². The Balaban J connectivity index is 1.78. The van der Waals surface area contributed by atoms with Gasteiger partial charge in [0.15, 0.2) is 9.84 Å². The van der Waals surface area contributed by atoms with Crippen LogP contribution in [0.1, 0.15) is 12.0 Å². The van der Waals surface area contributed by atoms with E-state index in [0.717, 1.165) is 11.3 Å². The number of nitrogens with one attached hydrogen (secondary N) is 1. The van der Waals surface area contributed by atoms with Gasteiger partial charge in [0.1, 0.15) is 5.75 Å². The van der Waals surface area contributed by atoms with E-state index in [1.54, 1.807) is 7.11 Å². The molecular formula is C14H19NO4S. The molecule has 1 saturated heterocycles. The maximum absolute atomic E-state index is 11.8. The Bertz CT molecular complexity index is 565. The third-order valence-corrected chi connectivity index (χ3v) is 5.28. The van der Waals surface area contributed by atoms with Gasteiger partial charge in [0.2, 0.25) is 5.91 Å². The summed E-state index contributed by atoms with van der Waals surface area (Å²) < 4.78 is 27.7. The van der Waals surface area contributed by atoms with Crippen LogP contribution in [-0.2, 0) is 21.1 Å². The number of hydrogen-bond donors (Lipinski definition) is 1. The topological polar surface area (TPSA) is 72.5 Å². The van der Waals surface area contributed by atoms with E-state index in [4.69, 9.17) is 4.74 Å². The molecule has 0 spiro atoms. The van der Waals surface area contributed by atoms with Gasteiger partial charge in [0.05, 0.1) is 25.0 Å². The molecule has 2 rings (SSSR count). The zero-order valence-electron chi connectivity index (χ0n) is 11.5. The Kier molecular flexibility index (Phi) is 4.65. The second-order valence-corrected chi connectivity index (χ2v) is 7.33. The Labute approximate surface area is 119 Å². The van der Waals surface area contributed by atoms with E-state index in [9.17, 15) is 13.2 Å². The predicted octanol–water partition coefficient (Wildman–Crippen LogP) is 0.789. The van der Waals surface area contributed by atoms with E-state index in [1.807, 2.05) is 24.3 Å². The fraction of sp³-hybridized carbons (Fsp3) is 0.500. The van der Waals surface area contributed by atoms with Crippen LogP contribution in [0.4, 0.5) is 0 Å². The molecule has 1 heterocycles. The largest absolute Gasteiger partial charge is 0.497 e. The molecule has 1 atom stereocenters. The van der Waals surface area contributed by atoms with E-state index >= 15 is 0 Å². The SMILES string of the molecule is COc1ccc(CC(=O)NCC2CCS(=O)(=O)C2)cc1. The number of ether oxygens (including phenoxy) is 1. The zero-order chi connectivity index (χ0) is 14.6. The fourth-order valence-electron chi connectivity index (χ4n) is 2.28. The molecule has 0 aliphatic carbocycles. The summed E-state index contributed by atoms with van der Waals surface area (Å²) >= 11 is 0. The summed E-state index contributed by atoms with van der Waals surface area (Å²) in [6.07, 6.45) is 0.939. The van der Waals surface area contributed by atoms with Gasteiger partial charge in [-0.3, -0.25) is 4.79 Å². The first-order valence-electron chi connectivity index (χ1n) is 6.58. The van der Waals surface area contributed by atoms with Crippen molar-refractivity contribution >= 4 is 15.7 Å². The van der Waals surface area contributed by atoms with Crippen molar-refractivity contribution < 1.29 is 17.9 Å². The fourth-order valence-corrected chi connectivity index (χ4v) is 4.14. The molecule has 1 aromatic carbocycles. The summed E-state index contributed by atoms with van der Waals surface area (Å²) in [5, 5.41) is 2.80. The van der Waals surface area contributed by atoms with Crippen molar-refractivity contribution in [1.82, 2.24) is 5.32 Å². The number of rotatable bonds is 5. The number of hydrogen-bond acceptors (Lipinski definition) is 4. The van der Waals surface area contributed by atoms with Gasteiger partial charge in [0.25, 0.3) is 0 Å². The van der Waals surface area contributed by atoms with Crippen molar-refractivity contribution in [2.75, 3.05) is 25.2 Å². The lowest BCUT2D eigenvalue weighted by Gasteiger charge is -2.09. The van der Waals surface area contributed by atoms with Crippen molar-refractivity contribution in [3.8, 4) is 5.75 Å². The highest BCUT2D eigenvalue weighted by Crippen LogP contribution is 2.17. The van der Waals surface area contributed by atoms with Crippen LogP contribution in [0.2, 0.25) is 0 Å². The second-order valence-electron chi connectivity index (χ2n) is 5.10. The number of carbonyl (C=O) groups excluding carboxylic acids is 1. The molecule has 5 nitrogen and oxygen atoms in total. The molecule has 1 aliphatic rings. The average molecular weight is 297 g/mol. The lowest BCUT2D eigenvalue weighted by molar-refractivity contribution is -0.120. The molecule has 6 heteroatoms. The summed E-state index contributed by atoms with van der Waals surface area (Å²) in [6.45, 7) is 0.439. The highest BCUT2D eigenvalue weighted by molar-refractivity contribution is 7.91. The van der Waals surface area contributed by atoms with Crippen molar-refractivity contribution in [2.45, 2.75) is 12.8 Å². The molecule has 1 amide bonds. The van der Waals surface area contributed by atoms with Crippen LogP contribution in [-0.4, -0.2) is 39.5 Å². The molecule has 0 saturated carbocycles. The highest BCUT2D eigenvalue weighted by Gasteiger charge is 2.27. The van der Waals surface area contributed by atoms with Gasteiger partial charge in [-0.2, -0.15) is 0 Å². The standard InChI is InChI=1S/C14H19NO4S/c1-19-13-4-2-11(3-5-13)8-14(16)15-9-12-6-7-20(17,18)10-12/h2-5,12H,6-10H2,1H3,(H,15,16). The molecule has 0 bridgehead atoms. The predicted molar refractivity (Wildman–Crippen MR) is 76.5 cm³/mol. The Morgan fingerprint density at radius 2 is 2.05 bits per heavy atom. The molecule has 110 valence electrons. The van der Waals surface area contributed by atoms with Gasteiger partial charge < -0.3 is 10.1 Å². The van der Waals surface area contributed by atoms with Crippen molar-refractivity contribution in [3.63, 3.8) is 0 Å². The number of amides is 1. The molecule has 1 aliphatic heterocycles. The van der Waals surface area contributed by atoms with Crippen molar-refractivity contribution in [2.24, 2.45) is 5.92 Å². The van der Waals surface area contributed by atoms with Gasteiger partial charge >= 0.3 is 0 Å². The minimum atomic E-state index is -2.88. The van der Waals surface area contributed by atoms with Gasteiger partial charge in [-0.25, -0.2) is 8.42 Å². The molecule has 0 aromatic heterocycles. The summed E-state index contributed by atoms with van der Waals surface area (Å²) in [5.41, 5.74) is 0.905. The summed E-state index contributed by atoms with van der Waals surface area (Å²) in [7, 11) is -1.28. The van der Waals surface area contributed by atoms with Crippen molar-refractivity contribution in [1.29, 1.82) is 0 Å². The maximum Gasteiger partial charge on any atom is 0.224 e. The van der Waals surface area contributed by atoms with Crippen molar-refractivity contribution in [3.05, 3.63) is 29.8 Å². The molecular weight excluding hydrogens is 278 g/mol. The lowest BCUT2D eigenvalue weighted by atomic mass is 10.1. The minimum absolute atomic E-state index is 0.0554. The second kappa shape index (κ2) is 6.26. The number of sulfone groups is 1. The Morgan fingerprint density at radius 3 is 2.60 bits per heavy atom. The van der Waals surface area contributed by atoms with Crippen LogP contribution in [0.3, 0.4) is 0 Å². The van der Waals surface area contributed by atoms with E-state index in [2.05, 4.69) is 5.32 Å². The van der Waals surface area contributed by atoms with Gasteiger partial charge in [-0.15, -0.1) is 0 Å². The summed E-state index contributed by atoms with van der Waals surface area (Å²) in [4.78, 5) is 11.8. The first-order chi connectivity index (χ1) is 9.48. The number of methoxy groups -OCH3 is 1.